The number of amidine groups is 1. The number of carbonyl (C=O) groups excluding carboxylic acids is 1. The van der Waals surface area contributed by atoms with Crippen LogP contribution in [0.15, 0.2) is 35.3 Å². The van der Waals surface area contributed by atoms with Crippen LogP contribution in [-0.4, -0.2) is 48.6 Å². The summed E-state index contributed by atoms with van der Waals surface area (Å²) in [4.78, 5) is 18.3. The molecule has 5 nitrogen and oxygen atoms in total. The quantitative estimate of drug-likeness (QED) is 0.869. The van der Waals surface area contributed by atoms with Crippen molar-refractivity contribution < 1.29 is 9.53 Å². The molecule has 0 radical (unpaired) electrons. The minimum atomic E-state index is -0.463. The molecule has 0 bridgehead atoms. The Balaban J connectivity index is 1.72. The Hall–Kier alpha value is -2.04. The van der Waals surface area contributed by atoms with Gasteiger partial charge in [-0.05, 0) is 39.2 Å². The molecule has 2 rings (SSSR count). The molecule has 1 aromatic carbocycles. The second kappa shape index (κ2) is 7.99. The number of carbonyl (C=O) groups is 1. The summed E-state index contributed by atoms with van der Waals surface area (Å²) in [5.41, 5.74) is 0.879. The molecule has 1 aliphatic heterocycles. The number of rotatable bonds is 4. The molecule has 0 unspecified atom stereocenters. The van der Waals surface area contributed by atoms with Crippen LogP contribution in [-0.2, 0) is 11.2 Å². The molecule has 5 heteroatoms. The highest BCUT2D eigenvalue weighted by molar-refractivity contribution is 5.87. The monoisotopic (exact) mass is 317 g/mol. The van der Waals surface area contributed by atoms with Gasteiger partial charge in [-0.2, -0.15) is 0 Å². The lowest BCUT2D eigenvalue weighted by molar-refractivity contribution is 0.0276. The molecule has 0 fully saturated rings. The Morgan fingerprint density at radius 2 is 2.04 bits per heavy atom. The standard InChI is InChI=1S/C18H27N3O2/c1-18(2,3)23-17(22)21-13-12-20-16(14-21)19-11-7-10-15-8-5-4-6-9-15/h4-6,8-9H,7,10-14H2,1-3H3,(H,19,20). The first-order chi connectivity index (χ1) is 10.9. The number of nitrogens with one attached hydrogen (secondary N) is 1. The maximum atomic E-state index is 12.1. The molecular weight excluding hydrogens is 290 g/mol. The second-order valence-corrected chi connectivity index (χ2v) is 6.75. The maximum absolute atomic E-state index is 12.1. The minimum absolute atomic E-state index is 0.268. The van der Waals surface area contributed by atoms with Crippen LogP contribution in [0.1, 0.15) is 32.8 Å². The van der Waals surface area contributed by atoms with Gasteiger partial charge in [0.1, 0.15) is 11.4 Å². The van der Waals surface area contributed by atoms with E-state index in [2.05, 4.69) is 34.6 Å². The molecule has 1 N–H and O–H groups in total. The third-order valence-electron chi connectivity index (χ3n) is 3.48. The number of amides is 1. The normalized spacial score (nSPS) is 15.1. The summed E-state index contributed by atoms with van der Waals surface area (Å²) < 4.78 is 5.41. The SMILES string of the molecule is CC(C)(C)OC(=O)N1CCN=C(NCCCc2ccccc2)C1. The van der Waals surface area contributed by atoms with Gasteiger partial charge >= 0.3 is 6.09 Å². The van der Waals surface area contributed by atoms with E-state index < -0.39 is 5.60 Å². The average molecular weight is 317 g/mol. The van der Waals surface area contributed by atoms with Gasteiger partial charge in [-0.15, -0.1) is 0 Å². The van der Waals surface area contributed by atoms with Crippen molar-refractivity contribution >= 4 is 11.9 Å². The minimum Gasteiger partial charge on any atom is -0.444 e. The van der Waals surface area contributed by atoms with Crippen LogP contribution in [0, 0.1) is 0 Å². The van der Waals surface area contributed by atoms with Gasteiger partial charge in [-0.3, -0.25) is 9.89 Å². The van der Waals surface area contributed by atoms with Crippen molar-refractivity contribution in [3.05, 3.63) is 35.9 Å². The van der Waals surface area contributed by atoms with Crippen molar-refractivity contribution in [3.8, 4) is 0 Å². The van der Waals surface area contributed by atoms with Gasteiger partial charge in [-0.25, -0.2) is 4.79 Å². The third-order valence-corrected chi connectivity index (χ3v) is 3.48. The third kappa shape index (κ3) is 6.30. The van der Waals surface area contributed by atoms with Crippen LogP contribution < -0.4 is 5.32 Å². The molecular formula is C18H27N3O2. The number of hydrogen-bond acceptors (Lipinski definition) is 4. The molecule has 0 aromatic heterocycles. The topological polar surface area (TPSA) is 53.9 Å². The lowest BCUT2D eigenvalue weighted by Crippen LogP contribution is -2.47. The van der Waals surface area contributed by atoms with Crippen LogP contribution in [0.25, 0.3) is 0 Å². The lowest BCUT2D eigenvalue weighted by atomic mass is 10.1. The summed E-state index contributed by atoms with van der Waals surface area (Å²) in [6, 6.07) is 10.4. The molecule has 1 aromatic rings. The molecule has 126 valence electrons. The van der Waals surface area contributed by atoms with E-state index in [1.807, 2.05) is 26.8 Å². The molecule has 23 heavy (non-hydrogen) atoms. The molecule has 0 spiro atoms. The van der Waals surface area contributed by atoms with Crippen LogP contribution in [0.4, 0.5) is 4.79 Å². The van der Waals surface area contributed by atoms with E-state index in [4.69, 9.17) is 4.74 Å². The zero-order valence-corrected chi connectivity index (χ0v) is 14.3. The van der Waals surface area contributed by atoms with Crippen LogP contribution in [0.3, 0.4) is 0 Å². The zero-order valence-electron chi connectivity index (χ0n) is 14.3. The van der Waals surface area contributed by atoms with Crippen molar-refractivity contribution in [1.29, 1.82) is 0 Å². The van der Waals surface area contributed by atoms with Gasteiger partial charge in [0.25, 0.3) is 0 Å². The largest absolute Gasteiger partial charge is 0.444 e. The molecule has 1 amide bonds. The molecule has 0 saturated heterocycles. The fourth-order valence-electron chi connectivity index (χ4n) is 2.38. The molecule has 0 saturated carbocycles. The predicted octanol–water partition coefficient (Wildman–Crippen LogP) is 2.86. The van der Waals surface area contributed by atoms with Crippen molar-refractivity contribution in [1.82, 2.24) is 10.2 Å². The number of aliphatic imine (C=N–C) groups is 1. The zero-order chi connectivity index (χ0) is 16.7. The summed E-state index contributed by atoms with van der Waals surface area (Å²) >= 11 is 0. The van der Waals surface area contributed by atoms with E-state index in [1.165, 1.54) is 5.56 Å². The summed E-state index contributed by atoms with van der Waals surface area (Å²) in [7, 11) is 0. The molecule has 0 atom stereocenters. The Bertz CT molecular complexity index is 535. The fraction of sp³-hybridized carbons (Fsp3) is 0.556. The van der Waals surface area contributed by atoms with Crippen LogP contribution >= 0.6 is 0 Å². The summed E-state index contributed by atoms with van der Waals surface area (Å²) in [5, 5.41) is 3.34. The summed E-state index contributed by atoms with van der Waals surface area (Å²) in [5.74, 6) is 0.871. The number of benzene rings is 1. The van der Waals surface area contributed by atoms with E-state index in [-0.39, 0.29) is 6.09 Å². The first-order valence-electron chi connectivity index (χ1n) is 8.23. The number of hydrogen-bond donors (Lipinski definition) is 1. The number of ether oxygens (including phenoxy) is 1. The van der Waals surface area contributed by atoms with Crippen molar-refractivity contribution in [2.24, 2.45) is 4.99 Å². The molecule has 0 aliphatic carbocycles. The Morgan fingerprint density at radius 3 is 2.74 bits per heavy atom. The van der Waals surface area contributed by atoms with Crippen LogP contribution in [0.5, 0.6) is 0 Å². The second-order valence-electron chi connectivity index (χ2n) is 6.75. The van der Waals surface area contributed by atoms with Gasteiger partial charge < -0.3 is 10.1 Å². The van der Waals surface area contributed by atoms with Gasteiger partial charge in [0, 0.05) is 13.1 Å². The van der Waals surface area contributed by atoms with Crippen molar-refractivity contribution in [2.45, 2.75) is 39.2 Å². The van der Waals surface area contributed by atoms with E-state index in [9.17, 15) is 4.79 Å². The highest BCUT2D eigenvalue weighted by Gasteiger charge is 2.24. The lowest BCUT2D eigenvalue weighted by Gasteiger charge is -2.29. The Labute approximate surface area is 138 Å². The molecule has 1 aliphatic rings. The average Bonchev–Trinajstić information content (AvgIpc) is 2.51. The smallest absolute Gasteiger partial charge is 0.410 e. The highest BCUT2D eigenvalue weighted by atomic mass is 16.6. The van der Waals surface area contributed by atoms with Crippen LogP contribution in [0.2, 0.25) is 0 Å². The maximum Gasteiger partial charge on any atom is 0.410 e. The van der Waals surface area contributed by atoms with Crippen molar-refractivity contribution in [2.75, 3.05) is 26.2 Å². The van der Waals surface area contributed by atoms with E-state index >= 15 is 0 Å². The first-order valence-corrected chi connectivity index (χ1v) is 8.23. The summed E-state index contributed by atoms with van der Waals surface area (Å²) in [6.45, 7) is 8.24. The fourth-order valence-corrected chi connectivity index (χ4v) is 2.38. The van der Waals surface area contributed by atoms with E-state index in [0.29, 0.717) is 19.6 Å². The molecule has 1 heterocycles. The van der Waals surface area contributed by atoms with Crippen molar-refractivity contribution in [3.63, 3.8) is 0 Å². The van der Waals surface area contributed by atoms with Gasteiger partial charge in [-0.1, -0.05) is 30.3 Å². The van der Waals surface area contributed by atoms with Gasteiger partial charge in [0.05, 0.1) is 13.1 Å². The number of nitrogens with zero attached hydrogens (tertiary/aromatic N) is 2. The van der Waals surface area contributed by atoms with Gasteiger partial charge in [0.2, 0.25) is 0 Å². The number of aryl methyl sites for hydroxylation is 1. The van der Waals surface area contributed by atoms with E-state index in [1.54, 1.807) is 4.90 Å². The Kier molecular flexibility index (Phi) is 6.02. The predicted molar refractivity (Wildman–Crippen MR) is 92.9 cm³/mol. The van der Waals surface area contributed by atoms with Gasteiger partial charge in [0.15, 0.2) is 0 Å². The Morgan fingerprint density at radius 1 is 1.30 bits per heavy atom. The highest BCUT2D eigenvalue weighted by Crippen LogP contribution is 2.11. The summed E-state index contributed by atoms with van der Waals surface area (Å²) in [6.07, 6.45) is 1.81. The van der Waals surface area contributed by atoms with E-state index in [0.717, 1.165) is 25.2 Å². The first kappa shape index (κ1) is 17.3.